The van der Waals surface area contributed by atoms with Crippen molar-refractivity contribution in [3.63, 3.8) is 0 Å². The number of nitrogens with zero attached hydrogens (tertiary/aromatic N) is 1. The zero-order valence-corrected chi connectivity index (χ0v) is 21.3. The fraction of sp³-hybridized carbons (Fsp3) is 0.654. The number of likely N-dealkylation sites (N-methyl/N-ethyl adjacent to an activating group) is 1. The first-order valence-electron chi connectivity index (χ1n) is 12.1. The maximum absolute atomic E-state index is 14.3. The van der Waals surface area contributed by atoms with Crippen LogP contribution in [-0.4, -0.2) is 55.3 Å². The molecule has 0 aliphatic heterocycles. The van der Waals surface area contributed by atoms with E-state index in [-0.39, 0.29) is 30.8 Å². The number of benzene rings is 1. The molecule has 0 spiro atoms. The number of methoxy groups -OCH3 is 1. The predicted molar refractivity (Wildman–Crippen MR) is 130 cm³/mol. The highest BCUT2D eigenvalue weighted by Crippen LogP contribution is 2.40. The third-order valence-electron chi connectivity index (χ3n) is 6.38. The molecule has 0 bridgehead atoms. The van der Waals surface area contributed by atoms with E-state index in [0.29, 0.717) is 11.4 Å². The van der Waals surface area contributed by atoms with Crippen LogP contribution < -0.4 is 15.0 Å². The molecule has 3 unspecified atom stereocenters. The number of ether oxygens (including phenoxy) is 2. The first kappa shape index (κ1) is 27.6. The van der Waals surface area contributed by atoms with Gasteiger partial charge in [0, 0.05) is 19.3 Å². The lowest BCUT2D eigenvalue weighted by Gasteiger charge is -2.37. The minimum Gasteiger partial charge on any atom is -0.497 e. The van der Waals surface area contributed by atoms with Crippen LogP contribution in [0.15, 0.2) is 24.3 Å². The van der Waals surface area contributed by atoms with E-state index in [1.165, 1.54) is 11.9 Å². The molecule has 2 N–H and O–H groups in total. The highest BCUT2D eigenvalue weighted by Gasteiger charge is 2.45. The van der Waals surface area contributed by atoms with Crippen LogP contribution in [0.3, 0.4) is 0 Å². The second-order valence-corrected chi connectivity index (χ2v) is 9.92. The molecule has 2 amide bonds. The summed E-state index contributed by atoms with van der Waals surface area (Å²) >= 11 is 0. The molecule has 1 aliphatic carbocycles. The van der Waals surface area contributed by atoms with Crippen molar-refractivity contribution < 1.29 is 29.0 Å². The number of hydrogen-bond acceptors (Lipinski definition) is 6. The molecule has 190 valence electrons. The quantitative estimate of drug-likeness (QED) is 0.502. The van der Waals surface area contributed by atoms with Gasteiger partial charge in [-0.2, -0.15) is 0 Å². The highest BCUT2D eigenvalue weighted by molar-refractivity contribution is 6.03. The van der Waals surface area contributed by atoms with Crippen molar-refractivity contribution >= 4 is 23.5 Å². The Morgan fingerprint density at radius 2 is 1.74 bits per heavy atom. The summed E-state index contributed by atoms with van der Waals surface area (Å²) < 4.78 is 10.9. The summed E-state index contributed by atoms with van der Waals surface area (Å²) in [5, 5.41) is 12.4. The number of aliphatic hydroxyl groups is 1. The summed E-state index contributed by atoms with van der Waals surface area (Å²) in [7, 11) is 3.08. The zero-order chi connectivity index (χ0) is 25.5. The van der Waals surface area contributed by atoms with E-state index in [1.54, 1.807) is 59.1 Å². The largest absolute Gasteiger partial charge is 0.497 e. The van der Waals surface area contributed by atoms with E-state index in [9.17, 15) is 19.5 Å². The van der Waals surface area contributed by atoms with Crippen LogP contribution in [0.1, 0.15) is 59.8 Å². The number of carbonyl (C=O) groups excluding carboxylic acids is 3. The summed E-state index contributed by atoms with van der Waals surface area (Å²) in [5.41, 5.74) is -0.184. The van der Waals surface area contributed by atoms with Gasteiger partial charge in [-0.1, -0.05) is 12.8 Å². The van der Waals surface area contributed by atoms with Crippen molar-refractivity contribution in [3.8, 4) is 5.75 Å². The number of amides is 2. The Bertz CT molecular complexity index is 827. The van der Waals surface area contributed by atoms with E-state index in [4.69, 9.17) is 9.47 Å². The third-order valence-corrected chi connectivity index (χ3v) is 6.38. The molecule has 8 heteroatoms. The maximum atomic E-state index is 14.3. The molecule has 1 aliphatic rings. The third kappa shape index (κ3) is 6.95. The smallest absolute Gasteiger partial charge is 0.310 e. The minimum absolute atomic E-state index is 0.0331. The van der Waals surface area contributed by atoms with Crippen molar-refractivity contribution in [1.29, 1.82) is 0 Å². The number of nitrogens with one attached hydrogen (secondary N) is 1. The van der Waals surface area contributed by atoms with Gasteiger partial charge < -0.3 is 19.9 Å². The van der Waals surface area contributed by atoms with Gasteiger partial charge >= 0.3 is 5.97 Å². The van der Waals surface area contributed by atoms with Crippen molar-refractivity contribution in [2.75, 3.05) is 25.7 Å². The monoisotopic (exact) mass is 476 g/mol. The summed E-state index contributed by atoms with van der Waals surface area (Å²) in [6.45, 7) is 6.77. The minimum atomic E-state index is -0.808. The summed E-state index contributed by atoms with van der Waals surface area (Å²) in [6.07, 6.45) is 3.69. The highest BCUT2D eigenvalue weighted by atomic mass is 16.6. The molecule has 2 rings (SSSR count). The van der Waals surface area contributed by atoms with Crippen LogP contribution in [0.2, 0.25) is 0 Å². The molecular formula is C26H40N2O6. The Balaban J connectivity index is 2.56. The SMILES string of the molecule is CNC(=O)C(C)N(C(=O)C(C1CCCC1)C(CCO)C(=O)OC(C)(C)C)c1ccc(OC)cc1. The number of aliphatic hydroxyl groups excluding tert-OH is 1. The number of carbonyl (C=O) groups is 3. The van der Waals surface area contributed by atoms with Crippen LogP contribution in [0.5, 0.6) is 5.75 Å². The Morgan fingerprint density at radius 1 is 1.15 bits per heavy atom. The second-order valence-electron chi connectivity index (χ2n) is 9.92. The standard InChI is InChI=1S/C26H40N2O6/c1-17(23(30)27-5)28(19-11-13-20(33-6)14-12-19)24(31)22(18-9-7-8-10-18)21(15-16-29)25(32)34-26(2,3)4/h11-14,17-18,21-22,29H,7-10,15-16H2,1-6H3,(H,27,30). The van der Waals surface area contributed by atoms with Crippen molar-refractivity contribution in [2.45, 2.75) is 71.4 Å². The van der Waals surface area contributed by atoms with Crippen LogP contribution >= 0.6 is 0 Å². The van der Waals surface area contributed by atoms with E-state index >= 15 is 0 Å². The second kappa shape index (κ2) is 12.2. The van der Waals surface area contributed by atoms with Gasteiger partial charge in [0.2, 0.25) is 11.8 Å². The molecule has 1 fully saturated rings. The average Bonchev–Trinajstić information content (AvgIpc) is 3.32. The molecule has 0 heterocycles. The van der Waals surface area contributed by atoms with Crippen molar-refractivity contribution in [3.05, 3.63) is 24.3 Å². The van der Waals surface area contributed by atoms with Crippen LogP contribution in [0.4, 0.5) is 5.69 Å². The Kier molecular flexibility index (Phi) is 9.91. The van der Waals surface area contributed by atoms with E-state index in [2.05, 4.69) is 5.32 Å². The van der Waals surface area contributed by atoms with Gasteiger partial charge in [0.1, 0.15) is 17.4 Å². The molecular weight excluding hydrogens is 436 g/mol. The molecule has 34 heavy (non-hydrogen) atoms. The lowest BCUT2D eigenvalue weighted by molar-refractivity contribution is -0.165. The Morgan fingerprint density at radius 3 is 2.21 bits per heavy atom. The molecule has 8 nitrogen and oxygen atoms in total. The predicted octanol–water partition coefficient (Wildman–Crippen LogP) is 3.31. The molecule has 0 aromatic heterocycles. The van der Waals surface area contributed by atoms with E-state index in [1.807, 2.05) is 0 Å². The number of hydrogen-bond donors (Lipinski definition) is 2. The van der Waals surface area contributed by atoms with Crippen LogP contribution in [0.25, 0.3) is 0 Å². The molecule has 0 saturated heterocycles. The molecule has 1 aromatic carbocycles. The topological polar surface area (TPSA) is 105 Å². The van der Waals surface area contributed by atoms with E-state index < -0.39 is 29.4 Å². The summed E-state index contributed by atoms with van der Waals surface area (Å²) in [5.74, 6) is -2.04. The lowest BCUT2D eigenvalue weighted by Crippen LogP contribution is -2.53. The molecule has 3 atom stereocenters. The van der Waals surface area contributed by atoms with Gasteiger partial charge in [-0.05, 0) is 77.1 Å². The van der Waals surface area contributed by atoms with Gasteiger partial charge in [-0.3, -0.25) is 19.3 Å². The van der Waals surface area contributed by atoms with Gasteiger partial charge in [0.25, 0.3) is 0 Å². The number of rotatable bonds is 10. The maximum Gasteiger partial charge on any atom is 0.310 e. The lowest BCUT2D eigenvalue weighted by atomic mass is 9.77. The Labute approximate surface area is 203 Å². The van der Waals surface area contributed by atoms with Crippen molar-refractivity contribution in [1.82, 2.24) is 5.32 Å². The molecule has 0 radical (unpaired) electrons. The average molecular weight is 477 g/mol. The van der Waals surface area contributed by atoms with Crippen LogP contribution in [-0.2, 0) is 19.1 Å². The number of esters is 1. The Hall–Kier alpha value is -2.61. The molecule has 1 saturated carbocycles. The normalized spacial score (nSPS) is 16.9. The first-order valence-corrected chi connectivity index (χ1v) is 12.1. The molecule has 1 aromatic rings. The fourth-order valence-corrected chi connectivity index (χ4v) is 4.75. The van der Waals surface area contributed by atoms with Gasteiger partial charge in [-0.25, -0.2) is 0 Å². The van der Waals surface area contributed by atoms with Gasteiger partial charge in [0.05, 0.1) is 18.9 Å². The van der Waals surface area contributed by atoms with Crippen LogP contribution in [0, 0.1) is 17.8 Å². The zero-order valence-electron chi connectivity index (χ0n) is 21.3. The summed E-state index contributed by atoms with van der Waals surface area (Å²) in [6, 6.07) is 6.13. The first-order chi connectivity index (χ1) is 16.0. The van der Waals surface area contributed by atoms with Crippen molar-refractivity contribution in [2.24, 2.45) is 17.8 Å². The van der Waals surface area contributed by atoms with Gasteiger partial charge in [-0.15, -0.1) is 0 Å². The fourth-order valence-electron chi connectivity index (χ4n) is 4.75. The number of anilines is 1. The summed E-state index contributed by atoms with van der Waals surface area (Å²) in [4.78, 5) is 41.6. The van der Waals surface area contributed by atoms with E-state index in [0.717, 1.165) is 25.7 Å². The van der Waals surface area contributed by atoms with Gasteiger partial charge in [0.15, 0.2) is 0 Å².